The molecule has 1 amide bonds. The summed E-state index contributed by atoms with van der Waals surface area (Å²) < 4.78 is 19.0. The predicted molar refractivity (Wildman–Crippen MR) is 87.1 cm³/mol. The number of anilines is 1. The van der Waals surface area contributed by atoms with Gasteiger partial charge in [0.25, 0.3) is 0 Å². The van der Waals surface area contributed by atoms with Gasteiger partial charge in [-0.15, -0.1) is 11.3 Å². The van der Waals surface area contributed by atoms with Gasteiger partial charge < -0.3 is 4.74 Å². The van der Waals surface area contributed by atoms with Crippen LogP contribution in [0.2, 0.25) is 0 Å². The van der Waals surface area contributed by atoms with Crippen LogP contribution in [0.5, 0.6) is 0 Å². The lowest BCUT2D eigenvalue weighted by Crippen LogP contribution is -2.46. The van der Waals surface area contributed by atoms with Crippen LogP contribution in [-0.4, -0.2) is 49.1 Å². The van der Waals surface area contributed by atoms with Gasteiger partial charge in [0.1, 0.15) is 11.9 Å². The molecule has 0 aliphatic carbocycles. The first-order valence-corrected chi connectivity index (χ1v) is 8.29. The van der Waals surface area contributed by atoms with Crippen LogP contribution < -0.4 is 4.90 Å². The van der Waals surface area contributed by atoms with Crippen molar-refractivity contribution in [2.75, 3.05) is 38.3 Å². The number of carbonyl (C=O) groups is 1. The first kappa shape index (κ1) is 16.0. The second kappa shape index (κ2) is 7.16. The molecule has 0 bridgehead atoms. The fraction of sp³-hybridized carbons (Fsp3) is 0.375. The van der Waals surface area contributed by atoms with Gasteiger partial charge in [-0.1, -0.05) is 12.1 Å². The SMILES string of the molecule is CN(C(=O)C(c1cccc(F)c1)N1CCOCC1)c1nccs1. The zero-order chi connectivity index (χ0) is 16.2. The number of hydrogen-bond acceptors (Lipinski definition) is 5. The Morgan fingerprint density at radius 3 is 2.87 bits per heavy atom. The van der Waals surface area contributed by atoms with Crippen molar-refractivity contribution in [3.8, 4) is 0 Å². The van der Waals surface area contributed by atoms with Gasteiger partial charge in [-0.2, -0.15) is 0 Å². The van der Waals surface area contributed by atoms with Gasteiger partial charge >= 0.3 is 0 Å². The fourth-order valence-electron chi connectivity index (χ4n) is 2.68. The fourth-order valence-corrected chi connectivity index (χ4v) is 3.29. The van der Waals surface area contributed by atoms with Gasteiger partial charge in [0.15, 0.2) is 5.13 Å². The number of rotatable bonds is 4. The average molecular weight is 335 g/mol. The van der Waals surface area contributed by atoms with Crippen LogP contribution in [0.25, 0.3) is 0 Å². The molecule has 3 rings (SSSR count). The van der Waals surface area contributed by atoms with Crippen LogP contribution in [-0.2, 0) is 9.53 Å². The van der Waals surface area contributed by atoms with Crippen molar-refractivity contribution in [2.45, 2.75) is 6.04 Å². The number of thiazole rings is 1. The molecule has 0 radical (unpaired) electrons. The summed E-state index contributed by atoms with van der Waals surface area (Å²) in [6.07, 6.45) is 1.66. The maximum absolute atomic E-state index is 13.7. The Bertz CT molecular complexity index is 659. The van der Waals surface area contributed by atoms with E-state index in [9.17, 15) is 9.18 Å². The molecule has 1 unspecified atom stereocenters. The molecule has 1 aromatic carbocycles. The molecule has 1 aromatic heterocycles. The van der Waals surface area contributed by atoms with E-state index in [2.05, 4.69) is 4.98 Å². The molecular weight excluding hydrogens is 317 g/mol. The molecule has 2 aromatic rings. The molecule has 0 N–H and O–H groups in total. The van der Waals surface area contributed by atoms with Crippen molar-refractivity contribution < 1.29 is 13.9 Å². The van der Waals surface area contributed by atoms with E-state index >= 15 is 0 Å². The second-order valence-corrected chi connectivity index (χ2v) is 6.19. The third kappa shape index (κ3) is 3.57. The van der Waals surface area contributed by atoms with Gasteiger partial charge in [-0.3, -0.25) is 14.6 Å². The second-order valence-electron chi connectivity index (χ2n) is 5.32. The number of hydrogen-bond donors (Lipinski definition) is 0. The number of aromatic nitrogens is 1. The molecule has 1 aliphatic rings. The summed E-state index contributed by atoms with van der Waals surface area (Å²) in [6.45, 7) is 2.41. The summed E-state index contributed by atoms with van der Waals surface area (Å²) in [7, 11) is 1.70. The van der Waals surface area contributed by atoms with E-state index in [-0.39, 0.29) is 11.7 Å². The Kier molecular flexibility index (Phi) is 5.00. The summed E-state index contributed by atoms with van der Waals surface area (Å²) in [6, 6.07) is 5.69. The molecule has 7 heteroatoms. The summed E-state index contributed by atoms with van der Waals surface area (Å²) in [5.74, 6) is -0.460. The number of carbonyl (C=O) groups excluding carboxylic acids is 1. The van der Waals surface area contributed by atoms with E-state index in [1.807, 2.05) is 10.3 Å². The van der Waals surface area contributed by atoms with Crippen LogP contribution in [0.3, 0.4) is 0 Å². The highest BCUT2D eigenvalue weighted by Crippen LogP contribution is 2.27. The largest absolute Gasteiger partial charge is 0.379 e. The molecule has 1 aliphatic heterocycles. The maximum Gasteiger partial charge on any atom is 0.250 e. The van der Waals surface area contributed by atoms with Crippen molar-refractivity contribution in [3.05, 3.63) is 47.2 Å². The molecule has 0 spiro atoms. The predicted octanol–water partition coefficient (Wildman–Crippen LogP) is 2.32. The number of benzene rings is 1. The topological polar surface area (TPSA) is 45.7 Å². The van der Waals surface area contributed by atoms with Crippen molar-refractivity contribution in [3.63, 3.8) is 0 Å². The summed E-state index contributed by atoms with van der Waals surface area (Å²) in [5, 5.41) is 2.45. The zero-order valence-electron chi connectivity index (χ0n) is 12.8. The van der Waals surface area contributed by atoms with Crippen LogP contribution in [0.15, 0.2) is 35.8 Å². The molecule has 23 heavy (non-hydrogen) atoms. The maximum atomic E-state index is 13.7. The van der Waals surface area contributed by atoms with E-state index in [1.54, 1.807) is 25.4 Å². The molecule has 1 fully saturated rings. The van der Waals surface area contributed by atoms with Crippen molar-refractivity contribution in [1.82, 2.24) is 9.88 Å². The Morgan fingerprint density at radius 1 is 1.43 bits per heavy atom. The summed E-state index contributed by atoms with van der Waals surface area (Å²) in [5.41, 5.74) is 0.653. The molecule has 1 saturated heterocycles. The van der Waals surface area contributed by atoms with E-state index in [0.29, 0.717) is 37.0 Å². The highest BCUT2D eigenvalue weighted by Gasteiger charge is 2.32. The molecule has 2 heterocycles. The Hall–Kier alpha value is -1.83. The number of likely N-dealkylation sites (N-methyl/N-ethyl adjacent to an activating group) is 1. The van der Waals surface area contributed by atoms with Crippen LogP contribution in [0, 0.1) is 5.82 Å². The van der Waals surface area contributed by atoms with E-state index in [4.69, 9.17) is 4.74 Å². The summed E-state index contributed by atoms with van der Waals surface area (Å²) >= 11 is 1.40. The monoisotopic (exact) mass is 335 g/mol. The number of morpholine rings is 1. The smallest absolute Gasteiger partial charge is 0.250 e. The average Bonchev–Trinajstić information content (AvgIpc) is 3.10. The van der Waals surface area contributed by atoms with E-state index < -0.39 is 6.04 Å². The number of ether oxygens (including phenoxy) is 1. The normalized spacial score (nSPS) is 17.0. The Balaban J connectivity index is 1.92. The van der Waals surface area contributed by atoms with Crippen molar-refractivity contribution >= 4 is 22.4 Å². The number of amides is 1. The minimum absolute atomic E-state index is 0.118. The lowest BCUT2D eigenvalue weighted by Gasteiger charge is -2.35. The van der Waals surface area contributed by atoms with Gasteiger partial charge in [-0.25, -0.2) is 9.37 Å². The Labute approximate surface area is 138 Å². The lowest BCUT2D eigenvalue weighted by molar-refractivity contribution is -0.125. The lowest BCUT2D eigenvalue weighted by atomic mass is 10.0. The molecule has 5 nitrogen and oxygen atoms in total. The number of nitrogens with zero attached hydrogens (tertiary/aromatic N) is 3. The molecule has 1 atom stereocenters. The van der Waals surface area contributed by atoms with Crippen molar-refractivity contribution in [2.24, 2.45) is 0 Å². The first-order valence-electron chi connectivity index (χ1n) is 7.41. The van der Waals surface area contributed by atoms with Crippen LogP contribution >= 0.6 is 11.3 Å². The third-order valence-corrected chi connectivity index (χ3v) is 4.69. The molecular formula is C16H18FN3O2S. The van der Waals surface area contributed by atoms with Gasteiger partial charge in [0.05, 0.1) is 13.2 Å². The quantitative estimate of drug-likeness (QED) is 0.860. The van der Waals surface area contributed by atoms with Crippen LogP contribution in [0.4, 0.5) is 9.52 Å². The molecule has 122 valence electrons. The minimum atomic E-state index is -0.538. The van der Waals surface area contributed by atoms with Gasteiger partial charge in [-0.05, 0) is 17.7 Å². The molecule has 0 saturated carbocycles. The first-order chi connectivity index (χ1) is 11.2. The van der Waals surface area contributed by atoms with Crippen LogP contribution in [0.1, 0.15) is 11.6 Å². The van der Waals surface area contributed by atoms with Crippen molar-refractivity contribution in [1.29, 1.82) is 0 Å². The van der Waals surface area contributed by atoms with E-state index in [0.717, 1.165) is 0 Å². The standard InChI is InChI=1S/C16H18FN3O2S/c1-19(16-18-5-10-23-16)15(21)14(20-6-8-22-9-7-20)12-3-2-4-13(17)11-12/h2-5,10-11,14H,6-9H2,1H3. The third-order valence-electron chi connectivity index (χ3n) is 3.85. The van der Waals surface area contributed by atoms with Gasteiger partial charge in [0, 0.05) is 31.7 Å². The highest BCUT2D eigenvalue weighted by atomic mass is 32.1. The number of halogens is 1. The zero-order valence-corrected chi connectivity index (χ0v) is 13.6. The van der Waals surface area contributed by atoms with Gasteiger partial charge in [0.2, 0.25) is 5.91 Å². The summed E-state index contributed by atoms with van der Waals surface area (Å²) in [4.78, 5) is 20.8. The van der Waals surface area contributed by atoms with E-state index in [1.165, 1.54) is 28.4 Å². The minimum Gasteiger partial charge on any atom is -0.379 e. The Morgan fingerprint density at radius 2 is 2.22 bits per heavy atom. The highest BCUT2D eigenvalue weighted by molar-refractivity contribution is 7.13.